The number of benzene rings is 2. The zero-order chi connectivity index (χ0) is 26.1. The lowest BCUT2D eigenvalue weighted by Crippen LogP contribution is -2.30. The number of hydrogen-bond acceptors (Lipinski definition) is 8. The fraction of sp³-hybridized carbons (Fsp3) is 0.160. The number of imide groups is 1. The number of carbonyl (C=O) groups is 3. The molecule has 1 fully saturated rings. The summed E-state index contributed by atoms with van der Waals surface area (Å²) in [6.45, 7) is 0.356. The molecule has 0 unspecified atom stereocenters. The summed E-state index contributed by atoms with van der Waals surface area (Å²) in [5, 5.41) is 2.57. The summed E-state index contributed by atoms with van der Waals surface area (Å²) in [7, 11) is 1.23. The molecule has 0 spiro atoms. The van der Waals surface area contributed by atoms with Crippen molar-refractivity contribution in [1.29, 1.82) is 0 Å². The topological polar surface area (TPSA) is 117 Å². The summed E-state index contributed by atoms with van der Waals surface area (Å²) in [6, 6.07) is 11.4. The molecule has 3 aromatic rings. The predicted molar refractivity (Wildman–Crippen MR) is 136 cm³/mol. The van der Waals surface area contributed by atoms with E-state index >= 15 is 0 Å². The van der Waals surface area contributed by atoms with E-state index in [9.17, 15) is 14.4 Å². The van der Waals surface area contributed by atoms with E-state index in [-0.39, 0.29) is 30.6 Å². The van der Waals surface area contributed by atoms with E-state index < -0.39 is 17.9 Å². The van der Waals surface area contributed by atoms with Crippen LogP contribution in [0.1, 0.15) is 27.4 Å². The van der Waals surface area contributed by atoms with Crippen LogP contribution in [0.25, 0.3) is 6.08 Å². The lowest BCUT2D eigenvalue weighted by molar-refractivity contribution is -0.123. The second-order valence-corrected chi connectivity index (χ2v) is 9.64. The van der Waals surface area contributed by atoms with E-state index in [0.29, 0.717) is 38.4 Å². The summed E-state index contributed by atoms with van der Waals surface area (Å²) in [5.41, 5.74) is 1.65. The lowest BCUT2D eigenvalue weighted by Gasteiger charge is -2.12. The van der Waals surface area contributed by atoms with Gasteiger partial charge in [0.2, 0.25) is 12.6 Å². The summed E-state index contributed by atoms with van der Waals surface area (Å²) >= 11 is 7.02. The number of nitrogens with one attached hydrogen (secondary N) is 1. The summed E-state index contributed by atoms with van der Waals surface area (Å²) in [5.74, 6) is 1.01. The van der Waals surface area contributed by atoms with Gasteiger partial charge in [0.1, 0.15) is 23.8 Å². The quantitative estimate of drug-likeness (QED) is 0.220. The zero-order valence-electron chi connectivity index (χ0n) is 19.2. The van der Waals surface area contributed by atoms with Crippen LogP contribution in [-0.4, -0.2) is 36.7 Å². The van der Waals surface area contributed by atoms with Gasteiger partial charge in [-0.15, -0.1) is 0 Å². The van der Waals surface area contributed by atoms with Crippen LogP contribution in [0.5, 0.6) is 17.2 Å². The average Bonchev–Trinajstić information content (AvgIpc) is 3.59. The van der Waals surface area contributed by atoms with Gasteiger partial charge in [0.15, 0.2) is 11.5 Å². The Balaban J connectivity index is 1.28. The maximum Gasteiger partial charge on any atom is 0.373 e. The van der Waals surface area contributed by atoms with E-state index in [0.717, 1.165) is 10.5 Å². The number of rotatable bonds is 7. The van der Waals surface area contributed by atoms with Gasteiger partial charge in [0.25, 0.3) is 5.91 Å². The van der Waals surface area contributed by atoms with Crippen molar-refractivity contribution in [3.63, 3.8) is 0 Å². The van der Waals surface area contributed by atoms with E-state index in [1.807, 2.05) is 18.2 Å². The van der Waals surface area contributed by atoms with Crippen LogP contribution in [0.4, 0.5) is 4.79 Å². The van der Waals surface area contributed by atoms with Crippen molar-refractivity contribution in [2.75, 3.05) is 13.9 Å². The summed E-state index contributed by atoms with van der Waals surface area (Å²) < 4.78 is 28.0. The molecular formula is C25H18Br2N2O8. The number of urea groups is 1. The molecule has 2 aliphatic heterocycles. The van der Waals surface area contributed by atoms with E-state index in [2.05, 4.69) is 41.9 Å². The van der Waals surface area contributed by atoms with Gasteiger partial charge >= 0.3 is 12.0 Å². The van der Waals surface area contributed by atoms with Gasteiger partial charge in [-0.2, -0.15) is 0 Å². The number of nitrogens with zero attached hydrogens (tertiary/aromatic N) is 1. The van der Waals surface area contributed by atoms with E-state index in [1.54, 1.807) is 18.2 Å². The highest BCUT2D eigenvalue weighted by atomic mass is 79.9. The number of ether oxygens (including phenoxy) is 4. The SMILES string of the molecule is COC(=O)c1ccc(CN2C(=O)N/C(=C\c3cc(Br)c(OCc4ccc5c(c4)OCO5)c(Br)c3)C2=O)o1. The summed E-state index contributed by atoms with van der Waals surface area (Å²) in [6.07, 6.45) is 1.55. The highest BCUT2D eigenvalue weighted by molar-refractivity contribution is 9.11. The minimum absolute atomic E-state index is 0.0177. The van der Waals surface area contributed by atoms with Gasteiger partial charge < -0.3 is 28.7 Å². The Kier molecular flexibility index (Phi) is 6.94. The lowest BCUT2D eigenvalue weighted by atomic mass is 10.1. The normalized spacial score (nSPS) is 15.3. The Morgan fingerprint density at radius 3 is 2.59 bits per heavy atom. The van der Waals surface area contributed by atoms with Crippen LogP contribution in [0.2, 0.25) is 0 Å². The number of hydrogen-bond donors (Lipinski definition) is 1. The molecule has 1 N–H and O–H groups in total. The van der Waals surface area contributed by atoms with E-state index in [1.165, 1.54) is 19.2 Å². The number of methoxy groups -OCH3 is 1. The van der Waals surface area contributed by atoms with Crippen molar-refractivity contribution in [2.24, 2.45) is 0 Å². The second kappa shape index (κ2) is 10.3. The Hall–Kier alpha value is -3.77. The highest BCUT2D eigenvalue weighted by Crippen LogP contribution is 2.37. The molecule has 10 nitrogen and oxygen atoms in total. The summed E-state index contributed by atoms with van der Waals surface area (Å²) in [4.78, 5) is 37.9. The Bertz CT molecular complexity index is 1430. The molecule has 0 atom stereocenters. The Morgan fingerprint density at radius 1 is 1.08 bits per heavy atom. The first-order valence-corrected chi connectivity index (χ1v) is 12.4. The minimum atomic E-state index is -0.650. The molecular weight excluding hydrogens is 616 g/mol. The molecule has 1 saturated heterocycles. The molecule has 190 valence electrons. The number of esters is 1. The zero-order valence-corrected chi connectivity index (χ0v) is 22.4. The van der Waals surface area contributed by atoms with Crippen LogP contribution in [0, 0.1) is 0 Å². The van der Waals surface area contributed by atoms with Crippen LogP contribution >= 0.6 is 31.9 Å². The minimum Gasteiger partial charge on any atom is -0.487 e. The second-order valence-electron chi connectivity index (χ2n) is 7.93. The molecule has 5 rings (SSSR count). The van der Waals surface area contributed by atoms with Crippen LogP contribution in [0.3, 0.4) is 0 Å². The molecule has 3 heterocycles. The first-order chi connectivity index (χ1) is 17.8. The van der Waals surface area contributed by atoms with Gasteiger partial charge in [0.05, 0.1) is 22.6 Å². The molecule has 37 heavy (non-hydrogen) atoms. The standard InChI is InChI=1S/C25H18Br2N2O8/c1-33-24(31)20-5-3-15(37-20)10-29-23(30)18(28-25(29)32)8-14-6-16(26)22(17(27)7-14)34-11-13-2-4-19-21(9-13)36-12-35-19/h2-9H,10-12H2,1H3,(H,28,32)/b18-8-. The number of furan rings is 1. The largest absolute Gasteiger partial charge is 0.487 e. The van der Waals surface area contributed by atoms with Crippen molar-refractivity contribution in [3.05, 3.63) is 79.8 Å². The third-order valence-electron chi connectivity index (χ3n) is 5.48. The third kappa shape index (κ3) is 5.20. The number of halogens is 2. The smallest absolute Gasteiger partial charge is 0.373 e. The highest BCUT2D eigenvalue weighted by Gasteiger charge is 2.34. The van der Waals surface area contributed by atoms with Crippen molar-refractivity contribution in [2.45, 2.75) is 13.2 Å². The molecule has 0 aliphatic carbocycles. The molecule has 0 bridgehead atoms. The van der Waals surface area contributed by atoms with Gasteiger partial charge in [-0.1, -0.05) is 6.07 Å². The van der Waals surface area contributed by atoms with Crippen LogP contribution in [0.15, 0.2) is 61.5 Å². The van der Waals surface area contributed by atoms with Crippen molar-refractivity contribution < 1.29 is 37.7 Å². The van der Waals surface area contributed by atoms with Gasteiger partial charge in [-0.25, -0.2) is 9.59 Å². The van der Waals surface area contributed by atoms with Crippen LogP contribution in [-0.2, 0) is 22.7 Å². The molecule has 0 saturated carbocycles. The molecule has 0 radical (unpaired) electrons. The predicted octanol–water partition coefficient (Wildman–Crippen LogP) is 4.99. The number of fused-ring (bicyclic) bond motifs is 1. The average molecular weight is 634 g/mol. The van der Waals surface area contributed by atoms with Crippen molar-refractivity contribution in [3.8, 4) is 17.2 Å². The first-order valence-electron chi connectivity index (χ1n) is 10.8. The number of carbonyl (C=O) groups excluding carboxylic acids is 3. The first kappa shape index (κ1) is 24.9. The van der Waals surface area contributed by atoms with Crippen molar-refractivity contribution >= 4 is 55.8 Å². The Labute approximate surface area is 227 Å². The monoisotopic (exact) mass is 632 g/mol. The molecule has 2 aliphatic rings. The molecule has 2 aromatic carbocycles. The Morgan fingerprint density at radius 2 is 1.84 bits per heavy atom. The van der Waals surface area contributed by atoms with Gasteiger partial charge in [-0.05, 0) is 85.5 Å². The van der Waals surface area contributed by atoms with Crippen LogP contribution < -0.4 is 19.5 Å². The third-order valence-corrected chi connectivity index (χ3v) is 6.65. The van der Waals surface area contributed by atoms with Gasteiger partial charge in [-0.3, -0.25) is 9.69 Å². The maximum atomic E-state index is 12.9. The maximum absolute atomic E-state index is 12.9. The fourth-order valence-electron chi connectivity index (χ4n) is 3.70. The van der Waals surface area contributed by atoms with Gasteiger partial charge in [0, 0.05) is 0 Å². The number of amides is 3. The van der Waals surface area contributed by atoms with Crippen molar-refractivity contribution in [1.82, 2.24) is 10.2 Å². The molecule has 3 amide bonds. The van der Waals surface area contributed by atoms with E-state index in [4.69, 9.17) is 18.6 Å². The molecule has 12 heteroatoms. The molecule has 1 aromatic heterocycles. The fourth-order valence-corrected chi connectivity index (χ4v) is 5.15.